The first-order valence-corrected chi connectivity index (χ1v) is 9.74. The Morgan fingerprint density at radius 2 is 2.16 bits per heavy atom. The van der Waals surface area contributed by atoms with Crippen molar-refractivity contribution in [3.05, 3.63) is 51.9 Å². The maximum atomic E-state index is 14.3. The van der Waals surface area contributed by atoms with Gasteiger partial charge in [0.25, 0.3) is 0 Å². The fourth-order valence-electron chi connectivity index (χ4n) is 2.90. The molecule has 0 unspecified atom stereocenters. The molecule has 128 valence electrons. The summed E-state index contributed by atoms with van der Waals surface area (Å²) < 4.78 is 20.1. The Balaban J connectivity index is 1.86. The van der Waals surface area contributed by atoms with Gasteiger partial charge in [-0.1, -0.05) is 15.9 Å². The summed E-state index contributed by atoms with van der Waals surface area (Å²) in [6, 6.07) is 8.86. The van der Waals surface area contributed by atoms with E-state index in [-0.39, 0.29) is 5.82 Å². The molecule has 6 heteroatoms. The van der Waals surface area contributed by atoms with Gasteiger partial charge in [0.05, 0.1) is 6.61 Å². The number of nitrogens with zero attached hydrogens (tertiary/aromatic N) is 1. The number of aromatic nitrogens is 1. The van der Waals surface area contributed by atoms with E-state index in [4.69, 9.17) is 4.74 Å². The van der Waals surface area contributed by atoms with E-state index in [1.165, 1.54) is 17.4 Å². The van der Waals surface area contributed by atoms with Gasteiger partial charge in [0.2, 0.25) is 0 Å². The van der Waals surface area contributed by atoms with E-state index >= 15 is 0 Å². The van der Waals surface area contributed by atoms with Crippen LogP contribution in [0, 0.1) is 5.82 Å². The average Bonchev–Trinajstić information content (AvgIpc) is 3.33. The van der Waals surface area contributed by atoms with Crippen molar-refractivity contribution in [2.24, 2.45) is 0 Å². The quantitative estimate of drug-likeness (QED) is 0.492. The lowest BCUT2D eigenvalue weighted by Gasteiger charge is -2.05. The topological polar surface area (TPSA) is 39.2 Å². The molecule has 1 aromatic carbocycles. The van der Waals surface area contributed by atoms with Gasteiger partial charge < -0.3 is 4.74 Å². The predicted molar refractivity (Wildman–Crippen MR) is 101 cm³/mol. The zero-order valence-electron chi connectivity index (χ0n) is 13.5. The smallest absolute Gasteiger partial charge is 0.356 e. The van der Waals surface area contributed by atoms with Gasteiger partial charge in [0, 0.05) is 20.3 Å². The van der Waals surface area contributed by atoms with E-state index in [2.05, 4.69) is 20.9 Å². The van der Waals surface area contributed by atoms with Crippen LogP contribution in [0.1, 0.15) is 41.7 Å². The molecular weight excluding hydrogens is 405 g/mol. The third-order valence-electron chi connectivity index (χ3n) is 4.24. The minimum atomic E-state index is -0.406. The molecule has 2 aromatic heterocycles. The van der Waals surface area contributed by atoms with Crippen LogP contribution >= 0.6 is 27.3 Å². The fourth-order valence-corrected chi connectivity index (χ4v) is 4.33. The molecule has 1 saturated carbocycles. The van der Waals surface area contributed by atoms with E-state index in [0.717, 1.165) is 33.5 Å². The molecule has 3 aromatic rings. The summed E-state index contributed by atoms with van der Waals surface area (Å²) in [5, 5.41) is 1.01. The lowest BCUT2D eigenvalue weighted by atomic mass is 10.1. The van der Waals surface area contributed by atoms with Crippen molar-refractivity contribution in [2.75, 3.05) is 6.61 Å². The Hall–Kier alpha value is -1.79. The molecule has 2 heterocycles. The van der Waals surface area contributed by atoms with Crippen molar-refractivity contribution in [1.29, 1.82) is 0 Å². The van der Waals surface area contributed by atoms with Crippen LogP contribution in [-0.4, -0.2) is 17.6 Å². The maximum absolute atomic E-state index is 14.3. The molecule has 4 rings (SSSR count). The van der Waals surface area contributed by atoms with Crippen molar-refractivity contribution in [3.8, 4) is 10.4 Å². The first-order valence-electron chi connectivity index (χ1n) is 8.14. The van der Waals surface area contributed by atoms with Crippen molar-refractivity contribution >= 4 is 43.5 Å². The highest BCUT2D eigenvalue weighted by molar-refractivity contribution is 9.10. The monoisotopic (exact) mass is 419 g/mol. The Morgan fingerprint density at radius 1 is 1.36 bits per heavy atom. The molecule has 0 N–H and O–H groups in total. The summed E-state index contributed by atoms with van der Waals surface area (Å²) in [5.74, 6) is -0.230. The van der Waals surface area contributed by atoms with E-state index in [9.17, 15) is 9.18 Å². The number of ether oxygens (including phenoxy) is 1. The molecule has 0 bridgehead atoms. The zero-order valence-corrected chi connectivity index (χ0v) is 15.9. The van der Waals surface area contributed by atoms with Gasteiger partial charge in [-0.2, -0.15) is 0 Å². The predicted octanol–water partition coefficient (Wildman–Crippen LogP) is 5.92. The van der Waals surface area contributed by atoms with Crippen LogP contribution in [0.3, 0.4) is 0 Å². The van der Waals surface area contributed by atoms with Gasteiger partial charge in [0.1, 0.15) is 16.3 Å². The van der Waals surface area contributed by atoms with Crippen LogP contribution in [-0.2, 0) is 4.74 Å². The number of halogens is 2. The molecule has 0 saturated heterocycles. The van der Waals surface area contributed by atoms with Crippen LogP contribution < -0.4 is 0 Å². The van der Waals surface area contributed by atoms with Crippen molar-refractivity contribution in [1.82, 2.24) is 4.98 Å². The Morgan fingerprint density at radius 3 is 2.84 bits per heavy atom. The molecule has 0 aliphatic heterocycles. The van der Waals surface area contributed by atoms with Crippen molar-refractivity contribution < 1.29 is 13.9 Å². The minimum Gasteiger partial charge on any atom is -0.461 e. The van der Waals surface area contributed by atoms with Crippen LogP contribution in [0.2, 0.25) is 0 Å². The minimum absolute atomic E-state index is 0.278. The molecule has 0 radical (unpaired) electrons. The Bertz CT molecular complexity index is 981. The second kappa shape index (κ2) is 6.50. The number of esters is 1. The van der Waals surface area contributed by atoms with Gasteiger partial charge in [-0.3, -0.25) is 0 Å². The molecule has 1 aliphatic rings. The molecular formula is C19H15BrFNO2S. The van der Waals surface area contributed by atoms with E-state index in [0.29, 0.717) is 28.3 Å². The third-order valence-corrected chi connectivity index (χ3v) is 5.79. The first-order chi connectivity index (χ1) is 12.1. The Kier molecular flexibility index (Phi) is 4.33. The van der Waals surface area contributed by atoms with Crippen LogP contribution in [0.5, 0.6) is 0 Å². The average molecular weight is 420 g/mol. The molecule has 25 heavy (non-hydrogen) atoms. The van der Waals surface area contributed by atoms with Crippen LogP contribution in [0.4, 0.5) is 4.39 Å². The number of hydrogen-bond donors (Lipinski definition) is 0. The van der Waals surface area contributed by atoms with E-state index in [1.54, 1.807) is 13.0 Å². The fraction of sp³-hybridized carbons (Fsp3) is 0.263. The number of carbonyl (C=O) groups is 1. The van der Waals surface area contributed by atoms with Gasteiger partial charge in [-0.25, -0.2) is 14.2 Å². The molecule has 0 atom stereocenters. The third kappa shape index (κ3) is 3.20. The molecule has 0 amide bonds. The van der Waals surface area contributed by atoms with Crippen LogP contribution in [0.15, 0.2) is 34.8 Å². The van der Waals surface area contributed by atoms with Crippen molar-refractivity contribution in [2.45, 2.75) is 25.7 Å². The lowest BCUT2D eigenvalue weighted by Crippen LogP contribution is -2.07. The summed E-state index contributed by atoms with van der Waals surface area (Å²) in [4.78, 5) is 18.1. The molecule has 1 fully saturated rings. The lowest BCUT2D eigenvalue weighted by molar-refractivity contribution is 0.0520. The summed E-state index contributed by atoms with van der Waals surface area (Å²) >= 11 is 4.69. The molecule has 0 spiro atoms. The van der Waals surface area contributed by atoms with Gasteiger partial charge in [0.15, 0.2) is 0 Å². The highest BCUT2D eigenvalue weighted by Crippen LogP contribution is 2.46. The van der Waals surface area contributed by atoms with Crippen molar-refractivity contribution in [3.63, 3.8) is 0 Å². The van der Waals surface area contributed by atoms with Gasteiger partial charge in [-0.15, -0.1) is 11.3 Å². The van der Waals surface area contributed by atoms with E-state index < -0.39 is 5.97 Å². The highest BCUT2D eigenvalue weighted by Gasteiger charge is 2.28. The highest BCUT2D eigenvalue weighted by atomic mass is 79.9. The zero-order chi connectivity index (χ0) is 17.6. The second-order valence-corrected chi connectivity index (χ2v) is 7.99. The summed E-state index contributed by atoms with van der Waals surface area (Å²) in [7, 11) is 0. The van der Waals surface area contributed by atoms with E-state index in [1.807, 2.05) is 18.2 Å². The first kappa shape index (κ1) is 16.7. The molecule has 3 nitrogen and oxygen atoms in total. The largest absolute Gasteiger partial charge is 0.461 e. The number of pyridine rings is 1. The van der Waals surface area contributed by atoms with Crippen LogP contribution in [0.25, 0.3) is 20.7 Å². The number of carbonyl (C=O) groups excluding carboxylic acids is 1. The normalized spacial score (nSPS) is 14.0. The maximum Gasteiger partial charge on any atom is 0.356 e. The summed E-state index contributed by atoms with van der Waals surface area (Å²) in [6.07, 6.45) is 2.22. The number of hydrogen-bond acceptors (Lipinski definition) is 4. The second-order valence-electron chi connectivity index (χ2n) is 6.05. The number of rotatable bonds is 4. The van der Waals surface area contributed by atoms with Gasteiger partial charge >= 0.3 is 5.97 Å². The summed E-state index contributed by atoms with van der Waals surface area (Å²) in [6.45, 7) is 2.09. The number of thiophene rings is 1. The van der Waals surface area contributed by atoms with Gasteiger partial charge in [-0.05, 0) is 61.6 Å². The number of benzene rings is 1. The molecule has 1 aliphatic carbocycles. The number of fused-ring (bicyclic) bond motifs is 1. The Labute approximate surface area is 157 Å². The standard InChI is InChI=1S/C19H15BrFNO2S/c1-2-24-19(23)16-8-13(10-3-4-10)14-9-17(25-18(14)22-16)12-6-5-11(20)7-15(12)21/h5-10H,2-4H2,1H3. The SMILES string of the molecule is CCOC(=O)c1cc(C2CC2)c2cc(-c3ccc(Br)cc3F)sc2n1. The summed E-state index contributed by atoms with van der Waals surface area (Å²) in [5.41, 5.74) is 2.00.